The number of aryl methyl sites for hydroxylation is 1. The summed E-state index contributed by atoms with van der Waals surface area (Å²) in [6.07, 6.45) is 2.97. The Morgan fingerprint density at radius 2 is 2.08 bits per heavy atom. The second kappa shape index (κ2) is 7.73. The van der Waals surface area contributed by atoms with Crippen molar-refractivity contribution in [2.75, 3.05) is 11.9 Å². The van der Waals surface area contributed by atoms with Gasteiger partial charge in [-0.3, -0.25) is 14.4 Å². The molecule has 0 radical (unpaired) electrons. The normalized spacial score (nSPS) is 23.3. The molecule has 1 fully saturated rings. The number of carbonyl (C=O) groups is 3. The highest BCUT2D eigenvalue weighted by molar-refractivity contribution is 7.17. The van der Waals surface area contributed by atoms with Crippen molar-refractivity contribution in [2.45, 2.75) is 57.3 Å². The minimum Gasteiger partial charge on any atom is -0.480 e. The fraction of sp³-hybridized carbons (Fsp3) is 0.588. The number of amides is 2. The number of carboxylic acids is 1. The van der Waals surface area contributed by atoms with Crippen LogP contribution in [0.15, 0.2) is 0 Å². The number of carbonyl (C=O) groups excluding carboxylic acids is 2. The zero-order valence-corrected chi connectivity index (χ0v) is 15.4. The van der Waals surface area contributed by atoms with Crippen LogP contribution in [-0.4, -0.2) is 47.7 Å². The fourth-order valence-corrected chi connectivity index (χ4v) is 4.77. The topological polar surface area (TPSA) is 131 Å². The maximum Gasteiger partial charge on any atom is 0.320 e. The second-order valence-electron chi connectivity index (χ2n) is 6.70. The van der Waals surface area contributed by atoms with Crippen molar-refractivity contribution in [3.05, 3.63) is 16.0 Å². The molecule has 0 aromatic carbocycles. The molecule has 1 aromatic rings. The average molecular weight is 381 g/mol. The van der Waals surface area contributed by atoms with E-state index in [0.29, 0.717) is 23.5 Å². The minimum absolute atomic E-state index is 0.312. The molecule has 2 heterocycles. The maximum atomic E-state index is 12.5. The van der Waals surface area contributed by atoms with Crippen molar-refractivity contribution >= 4 is 34.1 Å². The molecular formula is C17H23N3O5S. The van der Waals surface area contributed by atoms with Crippen LogP contribution in [0.2, 0.25) is 0 Å². The first-order valence-electron chi connectivity index (χ1n) is 8.73. The number of fused-ring (bicyclic) bond motifs is 1. The molecule has 2 aliphatic rings. The third kappa shape index (κ3) is 3.89. The quantitative estimate of drug-likeness (QED) is 0.579. The Kier molecular flexibility index (Phi) is 5.59. The van der Waals surface area contributed by atoms with E-state index in [-0.39, 0.29) is 12.0 Å². The van der Waals surface area contributed by atoms with E-state index in [0.717, 1.165) is 36.1 Å². The second-order valence-corrected chi connectivity index (χ2v) is 7.81. The number of aliphatic carboxylic acids is 1. The average Bonchev–Trinajstić information content (AvgIpc) is 3.18. The predicted octanol–water partition coefficient (Wildman–Crippen LogP) is 0.885. The lowest BCUT2D eigenvalue weighted by atomic mass is 9.95. The van der Waals surface area contributed by atoms with Crippen molar-refractivity contribution < 1.29 is 24.2 Å². The van der Waals surface area contributed by atoms with Crippen LogP contribution in [0.3, 0.4) is 0 Å². The molecule has 1 aliphatic heterocycles. The lowest BCUT2D eigenvalue weighted by molar-refractivity contribution is -0.139. The van der Waals surface area contributed by atoms with Crippen LogP contribution in [0.5, 0.6) is 0 Å². The van der Waals surface area contributed by atoms with Gasteiger partial charge in [-0.05, 0) is 38.2 Å². The first kappa shape index (κ1) is 18.8. The summed E-state index contributed by atoms with van der Waals surface area (Å²) < 4.78 is 5.68. The highest BCUT2D eigenvalue weighted by Crippen LogP contribution is 2.38. The number of nitrogens with two attached hydrogens (primary N) is 1. The van der Waals surface area contributed by atoms with Gasteiger partial charge < -0.3 is 26.2 Å². The van der Waals surface area contributed by atoms with Gasteiger partial charge in [0.05, 0.1) is 11.7 Å². The number of primary amides is 1. The number of nitrogens with one attached hydrogen (secondary N) is 2. The Hall–Kier alpha value is -1.97. The van der Waals surface area contributed by atoms with E-state index in [9.17, 15) is 14.4 Å². The van der Waals surface area contributed by atoms with E-state index in [1.807, 2.05) is 0 Å². The number of anilines is 1. The van der Waals surface area contributed by atoms with Crippen LogP contribution in [-0.2, 0) is 27.2 Å². The molecule has 142 valence electrons. The van der Waals surface area contributed by atoms with Gasteiger partial charge in [-0.2, -0.15) is 0 Å². The monoisotopic (exact) mass is 381 g/mol. The smallest absolute Gasteiger partial charge is 0.320 e. The standard InChI is InChI=1S/C17H23N3O5S/c1-8(25-9-6-11(17(23)24)19-7-9)15(22)20-16-13(14(18)21)10-4-2-3-5-12(10)26-16/h8-9,11,19H,2-7H2,1H3,(H2,18,21)(H,20,22)(H,23,24). The summed E-state index contributed by atoms with van der Waals surface area (Å²) in [6.45, 7) is 2.00. The van der Waals surface area contributed by atoms with Gasteiger partial charge in [0.15, 0.2) is 0 Å². The van der Waals surface area contributed by atoms with Gasteiger partial charge in [-0.1, -0.05) is 0 Å². The van der Waals surface area contributed by atoms with Crippen molar-refractivity contribution in [1.82, 2.24) is 5.32 Å². The predicted molar refractivity (Wildman–Crippen MR) is 96.5 cm³/mol. The first-order chi connectivity index (χ1) is 12.4. The molecule has 1 saturated heterocycles. The van der Waals surface area contributed by atoms with Crippen LogP contribution in [0, 0.1) is 0 Å². The number of ether oxygens (including phenoxy) is 1. The molecule has 3 unspecified atom stereocenters. The maximum absolute atomic E-state index is 12.5. The number of carboxylic acid groups (broad SMARTS) is 1. The molecule has 1 aromatic heterocycles. The highest BCUT2D eigenvalue weighted by atomic mass is 32.1. The molecule has 2 amide bonds. The van der Waals surface area contributed by atoms with Crippen LogP contribution in [0.25, 0.3) is 0 Å². The van der Waals surface area contributed by atoms with Gasteiger partial charge in [0, 0.05) is 17.8 Å². The number of hydrogen-bond acceptors (Lipinski definition) is 6. The van der Waals surface area contributed by atoms with Crippen LogP contribution in [0.1, 0.15) is 47.0 Å². The summed E-state index contributed by atoms with van der Waals surface area (Å²) >= 11 is 1.40. The largest absolute Gasteiger partial charge is 0.480 e. The zero-order valence-electron chi connectivity index (χ0n) is 14.5. The van der Waals surface area contributed by atoms with E-state index < -0.39 is 24.0 Å². The first-order valence-corrected chi connectivity index (χ1v) is 9.55. The molecule has 1 aliphatic carbocycles. The highest BCUT2D eigenvalue weighted by Gasteiger charge is 2.32. The van der Waals surface area contributed by atoms with Crippen LogP contribution >= 0.6 is 11.3 Å². The summed E-state index contributed by atoms with van der Waals surface area (Å²) in [5.41, 5.74) is 6.91. The Morgan fingerprint density at radius 1 is 1.35 bits per heavy atom. The van der Waals surface area contributed by atoms with Crippen molar-refractivity contribution in [3.8, 4) is 0 Å². The van der Waals surface area contributed by atoms with Gasteiger partial charge >= 0.3 is 5.97 Å². The SMILES string of the molecule is CC(OC1CNC(C(=O)O)C1)C(=O)Nc1sc2c(c1C(N)=O)CCCC2. The molecule has 8 nitrogen and oxygen atoms in total. The van der Waals surface area contributed by atoms with E-state index >= 15 is 0 Å². The van der Waals surface area contributed by atoms with Gasteiger partial charge in [0.2, 0.25) is 0 Å². The molecule has 0 spiro atoms. The van der Waals surface area contributed by atoms with E-state index in [4.69, 9.17) is 15.6 Å². The van der Waals surface area contributed by atoms with Crippen molar-refractivity contribution in [3.63, 3.8) is 0 Å². The van der Waals surface area contributed by atoms with Crippen LogP contribution in [0.4, 0.5) is 5.00 Å². The molecule has 0 bridgehead atoms. The molecular weight excluding hydrogens is 358 g/mol. The summed E-state index contributed by atoms with van der Waals surface area (Å²) in [7, 11) is 0. The Labute approximate surface area is 155 Å². The van der Waals surface area contributed by atoms with Gasteiger partial charge in [0.25, 0.3) is 11.8 Å². The lowest BCUT2D eigenvalue weighted by Crippen LogP contribution is -2.32. The van der Waals surface area contributed by atoms with Gasteiger partial charge in [0.1, 0.15) is 17.1 Å². The summed E-state index contributed by atoms with van der Waals surface area (Å²) in [5.74, 6) is -1.83. The molecule has 26 heavy (non-hydrogen) atoms. The minimum atomic E-state index is -0.927. The Morgan fingerprint density at radius 3 is 2.73 bits per heavy atom. The summed E-state index contributed by atoms with van der Waals surface area (Å²) in [4.78, 5) is 36.4. The molecule has 0 saturated carbocycles. The molecule has 3 rings (SSSR count). The zero-order chi connectivity index (χ0) is 18.8. The van der Waals surface area contributed by atoms with Crippen LogP contribution < -0.4 is 16.4 Å². The number of rotatable bonds is 6. The van der Waals surface area contributed by atoms with Gasteiger partial charge in [-0.25, -0.2) is 0 Å². The van der Waals surface area contributed by atoms with E-state index in [2.05, 4.69) is 10.6 Å². The van der Waals surface area contributed by atoms with Crippen molar-refractivity contribution in [1.29, 1.82) is 0 Å². The summed E-state index contributed by atoms with van der Waals surface area (Å²) in [5, 5.41) is 15.1. The number of hydrogen-bond donors (Lipinski definition) is 4. The third-order valence-electron chi connectivity index (χ3n) is 4.81. The molecule has 9 heteroatoms. The van der Waals surface area contributed by atoms with E-state index in [1.54, 1.807) is 6.92 Å². The molecule has 3 atom stereocenters. The van der Waals surface area contributed by atoms with Crippen molar-refractivity contribution in [2.24, 2.45) is 5.73 Å². The lowest BCUT2D eigenvalue weighted by Gasteiger charge is -2.17. The Balaban J connectivity index is 1.65. The molecule has 5 N–H and O–H groups in total. The Bertz CT molecular complexity index is 732. The van der Waals surface area contributed by atoms with Gasteiger partial charge in [-0.15, -0.1) is 11.3 Å². The number of thiophene rings is 1. The summed E-state index contributed by atoms with van der Waals surface area (Å²) in [6, 6.07) is -0.652. The fourth-order valence-electron chi connectivity index (χ4n) is 3.47. The third-order valence-corrected chi connectivity index (χ3v) is 6.02. The van der Waals surface area contributed by atoms with E-state index in [1.165, 1.54) is 11.3 Å².